The van der Waals surface area contributed by atoms with Crippen LogP contribution in [0, 0.1) is 6.92 Å². The lowest BCUT2D eigenvalue weighted by Crippen LogP contribution is -2.19. The fraction of sp³-hybridized carbons (Fsp3) is 0.308. The highest BCUT2D eigenvalue weighted by Gasteiger charge is 2.15. The van der Waals surface area contributed by atoms with Crippen LogP contribution in [0.4, 0.5) is 0 Å². The van der Waals surface area contributed by atoms with E-state index in [0.29, 0.717) is 6.04 Å². The monoisotopic (exact) mass is 277 g/mol. The summed E-state index contributed by atoms with van der Waals surface area (Å²) in [7, 11) is 2.01. The molecular formula is C13H15N3S2. The molecule has 3 aromatic rings. The Kier molecular flexibility index (Phi) is 3.20. The van der Waals surface area contributed by atoms with Gasteiger partial charge < -0.3 is 5.32 Å². The first-order valence-corrected chi connectivity index (χ1v) is 7.71. The molecule has 5 heteroatoms. The van der Waals surface area contributed by atoms with Crippen molar-refractivity contribution in [1.82, 2.24) is 14.7 Å². The number of thiophene rings is 1. The average molecular weight is 277 g/mol. The Morgan fingerprint density at radius 1 is 1.44 bits per heavy atom. The Bertz CT molecular complexity index is 621. The Morgan fingerprint density at radius 2 is 2.33 bits per heavy atom. The van der Waals surface area contributed by atoms with Crippen molar-refractivity contribution in [2.45, 2.75) is 19.4 Å². The van der Waals surface area contributed by atoms with E-state index in [1.807, 2.05) is 7.05 Å². The van der Waals surface area contributed by atoms with Crippen molar-refractivity contribution in [2.75, 3.05) is 7.05 Å². The highest BCUT2D eigenvalue weighted by molar-refractivity contribution is 7.15. The lowest BCUT2D eigenvalue weighted by atomic mass is 10.0. The van der Waals surface area contributed by atoms with Crippen LogP contribution < -0.4 is 5.32 Å². The molecule has 94 valence electrons. The van der Waals surface area contributed by atoms with Gasteiger partial charge in [-0.1, -0.05) is 0 Å². The van der Waals surface area contributed by atoms with Gasteiger partial charge in [0, 0.05) is 30.2 Å². The minimum atomic E-state index is 0.348. The van der Waals surface area contributed by atoms with E-state index in [1.165, 1.54) is 11.1 Å². The van der Waals surface area contributed by atoms with E-state index < -0.39 is 0 Å². The summed E-state index contributed by atoms with van der Waals surface area (Å²) in [5, 5.41) is 9.88. The largest absolute Gasteiger partial charge is 0.313 e. The molecular weight excluding hydrogens is 262 g/mol. The fourth-order valence-electron chi connectivity index (χ4n) is 2.18. The molecule has 0 bridgehead atoms. The van der Waals surface area contributed by atoms with Gasteiger partial charge in [-0.3, -0.25) is 4.40 Å². The summed E-state index contributed by atoms with van der Waals surface area (Å²) in [5.41, 5.74) is 3.89. The third-order valence-electron chi connectivity index (χ3n) is 3.18. The lowest BCUT2D eigenvalue weighted by molar-refractivity contribution is 0.585. The molecule has 0 spiro atoms. The third kappa shape index (κ3) is 2.09. The molecule has 0 fully saturated rings. The van der Waals surface area contributed by atoms with E-state index in [4.69, 9.17) is 0 Å². The van der Waals surface area contributed by atoms with Crippen LogP contribution in [-0.2, 0) is 6.42 Å². The van der Waals surface area contributed by atoms with E-state index in [2.05, 4.69) is 50.2 Å². The molecule has 1 unspecified atom stereocenters. The van der Waals surface area contributed by atoms with Crippen LogP contribution in [-0.4, -0.2) is 16.4 Å². The van der Waals surface area contributed by atoms with E-state index in [1.54, 1.807) is 22.7 Å². The number of aryl methyl sites for hydroxylation is 1. The van der Waals surface area contributed by atoms with Crippen molar-refractivity contribution >= 4 is 27.6 Å². The number of aromatic nitrogens is 2. The van der Waals surface area contributed by atoms with Crippen LogP contribution in [0.15, 0.2) is 28.5 Å². The van der Waals surface area contributed by atoms with Crippen LogP contribution >= 0.6 is 22.7 Å². The maximum atomic E-state index is 4.64. The molecule has 0 amide bonds. The van der Waals surface area contributed by atoms with Crippen molar-refractivity contribution in [1.29, 1.82) is 0 Å². The van der Waals surface area contributed by atoms with Gasteiger partial charge in [0.05, 0.1) is 5.69 Å². The van der Waals surface area contributed by atoms with Gasteiger partial charge in [-0.15, -0.1) is 11.3 Å². The van der Waals surface area contributed by atoms with Gasteiger partial charge in [-0.2, -0.15) is 11.3 Å². The Hall–Kier alpha value is -1.17. The molecule has 3 aromatic heterocycles. The second-order valence-electron chi connectivity index (χ2n) is 4.38. The van der Waals surface area contributed by atoms with Gasteiger partial charge in [0.25, 0.3) is 0 Å². The van der Waals surface area contributed by atoms with Crippen molar-refractivity contribution in [3.8, 4) is 0 Å². The number of fused-ring (bicyclic) bond motifs is 1. The first-order chi connectivity index (χ1) is 8.78. The van der Waals surface area contributed by atoms with Crippen LogP contribution in [0.25, 0.3) is 4.96 Å². The summed E-state index contributed by atoms with van der Waals surface area (Å²) in [5.74, 6) is 0. The zero-order valence-electron chi connectivity index (χ0n) is 10.4. The van der Waals surface area contributed by atoms with Crippen molar-refractivity contribution in [3.05, 3.63) is 45.4 Å². The smallest absolute Gasteiger partial charge is 0.193 e. The quantitative estimate of drug-likeness (QED) is 0.793. The van der Waals surface area contributed by atoms with Crippen LogP contribution in [0.3, 0.4) is 0 Å². The summed E-state index contributed by atoms with van der Waals surface area (Å²) in [6, 6.07) is 0.348. The van der Waals surface area contributed by atoms with E-state index in [0.717, 1.165) is 17.1 Å². The first-order valence-electron chi connectivity index (χ1n) is 5.89. The predicted octanol–water partition coefficient (Wildman–Crippen LogP) is 3.27. The van der Waals surface area contributed by atoms with Crippen LogP contribution in [0.1, 0.15) is 22.9 Å². The van der Waals surface area contributed by atoms with Crippen LogP contribution in [0.5, 0.6) is 0 Å². The highest BCUT2D eigenvalue weighted by atomic mass is 32.1. The second-order valence-corrected chi connectivity index (χ2v) is 6.00. The maximum absolute atomic E-state index is 4.64. The van der Waals surface area contributed by atoms with E-state index >= 15 is 0 Å². The molecule has 0 aliphatic rings. The standard InChI is InChI=1S/C13H15N3S2/c1-9-7-17-8-11(9)12(14-2)5-10-6-16-3-4-18-13(16)15-10/h3-4,6-8,12,14H,5H2,1-2H3. The molecule has 3 nitrogen and oxygen atoms in total. The van der Waals surface area contributed by atoms with Gasteiger partial charge >= 0.3 is 0 Å². The summed E-state index contributed by atoms with van der Waals surface area (Å²) in [4.78, 5) is 5.72. The highest BCUT2D eigenvalue weighted by Crippen LogP contribution is 2.25. The Labute approximate surface area is 114 Å². The molecule has 0 saturated carbocycles. The maximum Gasteiger partial charge on any atom is 0.193 e. The number of imidazole rings is 1. The number of thiazole rings is 1. The zero-order valence-corrected chi connectivity index (χ0v) is 12.0. The predicted molar refractivity (Wildman–Crippen MR) is 77.6 cm³/mol. The minimum Gasteiger partial charge on any atom is -0.313 e. The van der Waals surface area contributed by atoms with Gasteiger partial charge in [0.2, 0.25) is 0 Å². The number of rotatable bonds is 4. The SMILES string of the molecule is CNC(Cc1cn2ccsc2n1)c1cscc1C. The molecule has 0 radical (unpaired) electrons. The summed E-state index contributed by atoms with van der Waals surface area (Å²) in [6.07, 6.45) is 5.11. The van der Waals surface area contributed by atoms with Crippen molar-refractivity contribution in [3.63, 3.8) is 0 Å². The minimum absolute atomic E-state index is 0.348. The first kappa shape index (κ1) is 11.9. The zero-order chi connectivity index (χ0) is 12.5. The molecule has 18 heavy (non-hydrogen) atoms. The molecule has 0 saturated heterocycles. The fourth-order valence-corrected chi connectivity index (χ4v) is 3.80. The third-order valence-corrected chi connectivity index (χ3v) is 4.83. The van der Waals surface area contributed by atoms with Gasteiger partial charge in [0.15, 0.2) is 4.96 Å². The molecule has 3 heterocycles. The van der Waals surface area contributed by atoms with Gasteiger partial charge in [0.1, 0.15) is 0 Å². The molecule has 3 rings (SSSR count). The van der Waals surface area contributed by atoms with E-state index in [9.17, 15) is 0 Å². The van der Waals surface area contributed by atoms with Crippen molar-refractivity contribution < 1.29 is 0 Å². The summed E-state index contributed by atoms with van der Waals surface area (Å²) >= 11 is 3.44. The number of nitrogens with zero attached hydrogens (tertiary/aromatic N) is 2. The molecule has 0 aromatic carbocycles. The van der Waals surface area contributed by atoms with Crippen LogP contribution in [0.2, 0.25) is 0 Å². The Morgan fingerprint density at radius 3 is 3.00 bits per heavy atom. The van der Waals surface area contributed by atoms with E-state index in [-0.39, 0.29) is 0 Å². The van der Waals surface area contributed by atoms with Crippen molar-refractivity contribution in [2.24, 2.45) is 0 Å². The average Bonchev–Trinajstić information content (AvgIpc) is 3.01. The molecule has 0 aliphatic heterocycles. The normalized spacial score (nSPS) is 13.2. The number of likely N-dealkylation sites (N-methyl/N-ethyl adjacent to an activating group) is 1. The molecule has 1 N–H and O–H groups in total. The summed E-state index contributed by atoms with van der Waals surface area (Å²) in [6.45, 7) is 2.17. The number of hydrogen-bond donors (Lipinski definition) is 1. The topological polar surface area (TPSA) is 29.3 Å². The van der Waals surface area contributed by atoms with Gasteiger partial charge in [-0.25, -0.2) is 4.98 Å². The summed E-state index contributed by atoms with van der Waals surface area (Å²) < 4.78 is 2.09. The second kappa shape index (κ2) is 4.84. The number of nitrogens with one attached hydrogen (secondary N) is 1. The lowest BCUT2D eigenvalue weighted by Gasteiger charge is -2.14. The Balaban J connectivity index is 1.86. The molecule has 0 aliphatic carbocycles. The van der Waals surface area contributed by atoms with Gasteiger partial charge in [-0.05, 0) is 35.9 Å². The molecule has 1 atom stereocenters. The number of hydrogen-bond acceptors (Lipinski definition) is 4.